The summed E-state index contributed by atoms with van der Waals surface area (Å²) >= 11 is 0. The molecule has 1 aromatic heterocycles. The second-order valence-electron chi connectivity index (χ2n) is 3.85. The molecule has 1 saturated heterocycles. The Kier molecular flexibility index (Phi) is 4.24. The second kappa shape index (κ2) is 6.10. The van der Waals surface area contributed by atoms with Crippen molar-refractivity contribution in [2.75, 3.05) is 32.8 Å². The minimum absolute atomic E-state index is 0.0266. The molecule has 0 unspecified atom stereocenters. The van der Waals surface area contributed by atoms with Crippen LogP contribution in [0.3, 0.4) is 0 Å². The number of amides is 2. The quantitative estimate of drug-likeness (QED) is 0.700. The van der Waals surface area contributed by atoms with Crippen LogP contribution in [-0.4, -0.2) is 65.0 Å². The largest absolute Gasteiger partial charge is 0.378 e. The molecule has 0 saturated carbocycles. The molecule has 8 heteroatoms. The molecular formula is C10H15N5O3. The van der Waals surface area contributed by atoms with Crippen molar-refractivity contribution in [3.63, 3.8) is 0 Å². The smallest absolute Gasteiger partial charge is 0.273 e. The SMILES string of the molecule is O=C(NCCC(=O)N1CCOCC1)c1cn[nH]n1. The normalized spacial score (nSPS) is 15.4. The molecule has 1 fully saturated rings. The summed E-state index contributed by atoms with van der Waals surface area (Å²) in [6, 6.07) is 0. The van der Waals surface area contributed by atoms with Gasteiger partial charge in [-0.25, -0.2) is 0 Å². The highest BCUT2D eigenvalue weighted by Crippen LogP contribution is 1.99. The average molecular weight is 253 g/mol. The number of aromatic nitrogens is 3. The van der Waals surface area contributed by atoms with E-state index in [0.29, 0.717) is 32.8 Å². The zero-order valence-corrected chi connectivity index (χ0v) is 9.89. The molecule has 0 aromatic carbocycles. The highest BCUT2D eigenvalue weighted by Gasteiger charge is 2.16. The van der Waals surface area contributed by atoms with Crippen LogP contribution in [0, 0.1) is 0 Å². The van der Waals surface area contributed by atoms with Crippen molar-refractivity contribution < 1.29 is 14.3 Å². The van der Waals surface area contributed by atoms with Gasteiger partial charge in [0.1, 0.15) is 0 Å². The third kappa shape index (κ3) is 3.27. The fourth-order valence-corrected chi connectivity index (χ4v) is 1.66. The van der Waals surface area contributed by atoms with Gasteiger partial charge in [0.25, 0.3) is 5.91 Å². The molecule has 0 spiro atoms. The Bertz CT molecular complexity index is 400. The van der Waals surface area contributed by atoms with Gasteiger partial charge in [-0.05, 0) is 0 Å². The lowest BCUT2D eigenvalue weighted by molar-refractivity contribution is -0.135. The molecule has 1 aliphatic heterocycles. The summed E-state index contributed by atoms with van der Waals surface area (Å²) in [6.07, 6.45) is 1.61. The van der Waals surface area contributed by atoms with Crippen LogP contribution in [-0.2, 0) is 9.53 Å². The number of aromatic amines is 1. The molecule has 1 aliphatic rings. The van der Waals surface area contributed by atoms with Gasteiger partial charge in [0.15, 0.2) is 5.69 Å². The van der Waals surface area contributed by atoms with Gasteiger partial charge in [-0.2, -0.15) is 15.4 Å². The third-order valence-electron chi connectivity index (χ3n) is 2.64. The van der Waals surface area contributed by atoms with Crippen molar-refractivity contribution in [2.45, 2.75) is 6.42 Å². The van der Waals surface area contributed by atoms with E-state index < -0.39 is 0 Å². The third-order valence-corrected chi connectivity index (χ3v) is 2.64. The summed E-state index contributed by atoms with van der Waals surface area (Å²) in [5.74, 6) is -0.308. The van der Waals surface area contributed by atoms with E-state index in [9.17, 15) is 9.59 Å². The predicted molar refractivity (Wildman–Crippen MR) is 60.7 cm³/mol. The molecule has 2 heterocycles. The van der Waals surface area contributed by atoms with Gasteiger partial charge < -0.3 is 15.0 Å². The Morgan fingerprint density at radius 1 is 1.44 bits per heavy atom. The van der Waals surface area contributed by atoms with E-state index in [2.05, 4.69) is 20.7 Å². The number of ether oxygens (including phenoxy) is 1. The van der Waals surface area contributed by atoms with Crippen LogP contribution in [0.4, 0.5) is 0 Å². The van der Waals surface area contributed by atoms with E-state index in [0.717, 1.165) is 0 Å². The van der Waals surface area contributed by atoms with E-state index in [-0.39, 0.29) is 23.9 Å². The van der Waals surface area contributed by atoms with Gasteiger partial charge in [-0.3, -0.25) is 9.59 Å². The maximum Gasteiger partial charge on any atom is 0.273 e. The fraction of sp³-hybridized carbons (Fsp3) is 0.600. The highest BCUT2D eigenvalue weighted by atomic mass is 16.5. The number of carbonyl (C=O) groups excluding carboxylic acids is 2. The van der Waals surface area contributed by atoms with Crippen LogP contribution in [0.2, 0.25) is 0 Å². The maximum absolute atomic E-state index is 11.8. The zero-order chi connectivity index (χ0) is 12.8. The highest BCUT2D eigenvalue weighted by molar-refractivity contribution is 5.92. The molecule has 0 aliphatic carbocycles. The Hall–Kier alpha value is -1.96. The lowest BCUT2D eigenvalue weighted by Crippen LogP contribution is -2.42. The molecule has 2 N–H and O–H groups in total. The van der Waals surface area contributed by atoms with E-state index in [1.165, 1.54) is 6.20 Å². The number of carbonyl (C=O) groups is 2. The first-order valence-electron chi connectivity index (χ1n) is 5.77. The molecule has 18 heavy (non-hydrogen) atoms. The van der Waals surface area contributed by atoms with Gasteiger partial charge in [0.2, 0.25) is 5.91 Å². The standard InChI is InChI=1S/C10H15N5O3/c16-9(15-3-5-18-6-4-15)1-2-11-10(17)8-7-12-14-13-8/h7H,1-6H2,(H,11,17)(H,12,13,14). The van der Waals surface area contributed by atoms with Gasteiger partial charge in [0.05, 0.1) is 19.4 Å². The number of morpholine rings is 1. The first-order chi connectivity index (χ1) is 8.77. The molecule has 8 nitrogen and oxygen atoms in total. The Balaban J connectivity index is 1.68. The number of hydrogen-bond donors (Lipinski definition) is 2. The van der Waals surface area contributed by atoms with Crippen LogP contribution in [0.5, 0.6) is 0 Å². The summed E-state index contributed by atoms with van der Waals surface area (Å²) in [7, 11) is 0. The number of nitrogens with one attached hydrogen (secondary N) is 2. The van der Waals surface area contributed by atoms with E-state index in [1.54, 1.807) is 4.90 Å². The summed E-state index contributed by atoms with van der Waals surface area (Å²) in [4.78, 5) is 25.0. The van der Waals surface area contributed by atoms with Crippen LogP contribution >= 0.6 is 0 Å². The van der Waals surface area contributed by atoms with Crippen molar-refractivity contribution in [2.24, 2.45) is 0 Å². The Morgan fingerprint density at radius 3 is 2.89 bits per heavy atom. The molecule has 1 aromatic rings. The van der Waals surface area contributed by atoms with Crippen molar-refractivity contribution in [1.29, 1.82) is 0 Å². The molecular weight excluding hydrogens is 238 g/mol. The number of nitrogens with zero attached hydrogens (tertiary/aromatic N) is 3. The number of H-pyrrole nitrogens is 1. The lowest BCUT2D eigenvalue weighted by Gasteiger charge is -2.26. The van der Waals surface area contributed by atoms with E-state index in [4.69, 9.17) is 4.74 Å². The van der Waals surface area contributed by atoms with Crippen molar-refractivity contribution in [3.8, 4) is 0 Å². The van der Waals surface area contributed by atoms with Gasteiger partial charge >= 0.3 is 0 Å². The minimum Gasteiger partial charge on any atom is -0.378 e. The van der Waals surface area contributed by atoms with E-state index in [1.807, 2.05) is 0 Å². The zero-order valence-electron chi connectivity index (χ0n) is 9.89. The summed E-state index contributed by atoms with van der Waals surface area (Å²) in [5, 5.41) is 12.1. The summed E-state index contributed by atoms with van der Waals surface area (Å²) in [5.41, 5.74) is 0.217. The second-order valence-corrected chi connectivity index (χ2v) is 3.85. The maximum atomic E-state index is 11.8. The van der Waals surface area contributed by atoms with Crippen molar-refractivity contribution in [1.82, 2.24) is 25.6 Å². The molecule has 2 amide bonds. The summed E-state index contributed by atoms with van der Waals surface area (Å²) < 4.78 is 5.16. The van der Waals surface area contributed by atoms with Crippen LogP contribution in [0.25, 0.3) is 0 Å². The molecule has 0 bridgehead atoms. The van der Waals surface area contributed by atoms with Crippen LogP contribution in [0.1, 0.15) is 16.9 Å². The molecule has 0 atom stereocenters. The Morgan fingerprint density at radius 2 is 2.22 bits per heavy atom. The molecule has 2 rings (SSSR count). The topological polar surface area (TPSA) is 100 Å². The predicted octanol–water partition coefficient (Wildman–Crippen LogP) is -1.22. The summed E-state index contributed by atoms with van der Waals surface area (Å²) in [6.45, 7) is 2.70. The fourth-order valence-electron chi connectivity index (χ4n) is 1.66. The van der Waals surface area contributed by atoms with E-state index >= 15 is 0 Å². The number of rotatable bonds is 4. The van der Waals surface area contributed by atoms with Crippen LogP contribution < -0.4 is 5.32 Å². The van der Waals surface area contributed by atoms with Gasteiger partial charge in [-0.15, -0.1) is 0 Å². The average Bonchev–Trinajstić information content (AvgIpc) is 2.93. The van der Waals surface area contributed by atoms with Gasteiger partial charge in [0, 0.05) is 26.1 Å². The first-order valence-corrected chi connectivity index (χ1v) is 5.77. The Labute approximate surface area is 104 Å². The first kappa shape index (κ1) is 12.5. The van der Waals surface area contributed by atoms with Crippen LogP contribution in [0.15, 0.2) is 6.20 Å². The van der Waals surface area contributed by atoms with Crippen molar-refractivity contribution in [3.05, 3.63) is 11.9 Å². The monoisotopic (exact) mass is 253 g/mol. The number of hydrogen-bond acceptors (Lipinski definition) is 5. The molecule has 0 radical (unpaired) electrons. The lowest BCUT2D eigenvalue weighted by atomic mass is 10.3. The van der Waals surface area contributed by atoms with Crippen molar-refractivity contribution >= 4 is 11.8 Å². The molecule has 98 valence electrons. The van der Waals surface area contributed by atoms with Gasteiger partial charge in [-0.1, -0.05) is 0 Å². The minimum atomic E-state index is -0.335.